The summed E-state index contributed by atoms with van der Waals surface area (Å²) in [6, 6.07) is 0.538. The fourth-order valence-electron chi connectivity index (χ4n) is 2.38. The normalized spacial score (nSPS) is 32.0. The molecule has 1 saturated heterocycles. The summed E-state index contributed by atoms with van der Waals surface area (Å²) >= 11 is 0. The Kier molecular flexibility index (Phi) is 2.33. The summed E-state index contributed by atoms with van der Waals surface area (Å²) in [5, 5.41) is 3.00. The third-order valence-electron chi connectivity index (χ3n) is 3.22. The zero-order chi connectivity index (χ0) is 8.39. The van der Waals surface area contributed by atoms with Gasteiger partial charge in [0, 0.05) is 12.5 Å². The maximum atomic E-state index is 10.7. The van der Waals surface area contributed by atoms with E-state index in [4.69, 9.17) is 0 Å². The number of hydrogen-bond acceptors (Lipinski definition) is 1. The highest BCUT2D eigenvalue weighted by atomic mass is 16.2. The highest BCUT2D eigenvalue weighted by Crippen LogP contribution is 2.29. The van der Waals surface area contributed by atoms with Crippen molar-refractivity contribution in [2.75, 3.05) is 0 Å². The van der Waals surface area contributed by atoms with Crippen LogP contribution in [0.1, 0.15) is 44.9 Å². The first kappa shape index (κ1) is 8.09. The van der Waals surface area contributed by atoms with Gasteiger partial charge in [-0.1, -0.05) is 25.7 Å². The van der Waals surface area contributed by atoms with Crippen LogP contribution in [0.4, 0.5) is 0 Å². The Balaban J connectivity index is 1.81. The summed E-state index contributed by atoms with van der Waals surface area (Å²) in [5.74, 6) is 1.05. The first-order valence-electron chi connectivity index (χ1n) is 5.15. The Bertz CT molecular complexity index is 163. The van der Waals surface area contributed by atoms with Crippen molar-refractivity contribution in [2.45, 2.75) is 51.0 Å². The van der Waals surface area contributed by atoms with E-state index >= 15 is 0 Å². The lowest BCUT2D eigenvalue weighted by Crippen LogP contribution is -2.52. The molecule has 0 aromatic heterocycles. The molecule has 0 bridgehead atoms. The van der Waals surface area contributed by atoms with Gasteiger partial charge in [-0.15, -0.1) is 0 Å². The second-order valence-corrected chi connectivity index (χ2v) is 4.13. The largest absolute Gasteiger partial charge is 0.353 e. The van der Waals surface area contributed by atoms with E-state index in [0.29, 0.717) is 6.04 Å². The number of amides is 1. The molecule has 2 heteroatoms. The van der Waals surface area contributed by atoms with Crippen molar-refractivity contribution in [2.24, 2.45) is 5.92 Å². The van der Waals surface area contributed by atoms with Crippen LogP contribution < -0.4 is 5.32 Å². The van der Waals surface area contributed by atoms with E-state index in [0.717, 1.165) is 12.3 Å². The molecule has 1 unspecified atom stereocenters. The molecule has 1 aliphatic heterocycles. The molecule has 2 rings (SSSR count). The summed E-state index contributed by atoms with van der Waals surface area (Å²) in [5.41, 5.74) is 0. The topological polar surface area (TPSA) is 29.1 Å². The molecule has 2 fully saturated rings. The lowest BCUT2D eigenvalue weighted by atomic mass is 9.86. The Morgan fingerprint density at radius 1 is 1.08 bits per heavy atom. The zero-order valence-corrected chi connectivity index (χ0v) is 7.51. The van der Waals surface area contributed by atoms with Gasteiger partial charge >= 0.3 is 0 Å². The summed E-state index contributed by atoms with van der Waals surface area (Å²) in [4.78, 5) is 10.7. The summed E-state index contributed by atoms with van der Waals surface area (Å²) in [6.07, 6.45) is 9.02. The number of nitrogens with one attached hydrogen (secondary N) is 1. The van der Waals surface area contributed by atoms with Gasteiger partial charge < -0.3 is 5.32 Å². The van der Waals surface area contributed by atoms with Crippen LogP contribution in [0, 0.1) is 5.92 Å². The van der Waals surface area contributed by atoms with E-state index in [1.165, 1.54) is 38.5 Å². The van der Waals surface area contributed by atoms with Crippen molar-refractivity contribution in [1.82, 2.24) is 5.32 Å². The number of rotatable bonds is 1. The van der Waals surface area contributed by atoms with E-state index < -0.39 is 0 Å². The minimum absolute atomic E-state index is 0.254. The summed E-state index contributed by atoms with van der Waals surface area (Å²) < 4.78 is 0. The highest BCUT2D eigenvalue weighted by Gasteiger charge is 2.32. The van der Waals surface area contributed by atoms with E-state index in [-0.39, 0.29) is 5.91 Å². The molecule has 68 valence electrons. The minimum Gasteiger partial charge on any atom is -0.353 e. The van der Waals surface area contributed by atoms with E-state index in [2.05, 4.69) is 5.32 Å². The van der Waals surface area contributed by atoms with Crippen molar-refractivity contribution in [3.63, 3.8) is 0 Å². The molecule has 0 radical (unpaired) electrons. The molecular weight excluding hydrogens is 150 g/mol. The van der Waals surface area contributed by atoms with E-state index in [1.54, 1.807) is 0 Å². The van der Waals surface area contributed by atoms with Gasteiger partial charge in [0.2, 0.25) is 5.91 Å². The highest BCUT2D eigenvalue weighted by molar-refractivity contribution is 5.82. The molecule has 2 aliphatic rings. The zero-order valence-electron chi connectivity index (χ0n) is 7.51. The number of carbonyl (C=O) groups is 1. The van der Waals surface area contributed by atoms with Gasteiger partial charge in [0.15, 0.2) is 0 Å². The lowest BCUT2D eigenvalue weighted by molar-refractivity contribution is -0.129. The van der Waals surface area contributed by atoms with Crippen LogP contribution in [0.15, 0.2) is 0 Å². The summed E-state index contributed by atoms with van der Waals surface area (Å²) in [6.45, 7) is 0. The predicted octanol–water partition coefficient (Wildman–Crippen LogP) is 1.85. The van der Waals surface area contributed by atoms with Crippen LogP contribution in [-0.4, -0.2) is 11.9 Å². The molecule has 1 saturated carbocycles. The SMILES string of the molecule is O=C1CC(C2CCCCCC2)N1. The smallest absolute Gasteiger partial charge is 0.222 e. The molecule has 0 aromatic rings. The minimum atomic E-state index is 0.254. The molecule has 12 heavy (non-hydrogen) atoms. The molecule has 0 spiro atoms. The number of carbonyl (C=O) groups excluding carboxylic acids is 1. The fourth-order valence-corrected chi connectivity index (χ4v) is 2.38. The van der Waals surface area contributed by atoms with Crippen molar-refractivity contribution in [3.8, 4) is 0 Å². The van der Waals surface area contributed by atoms with Crippen LogP contribution in [0.2, 0.25) is 0 Å². The van der Waals surface area contributed by atoms with Crippen molar-refractivity contribution < 1.29 is 4.79 Å². The van der Waals surface area contributed by atoms with Gasteiger partial charge in [0.1, 0.15) is 0 Å². The first-order valence-corrected chi connectivity index (χ1v) is 5.15. The monoisotopic (exact) mass is 167 g/mol. The van der Waals surface area contributed by atoms with Crippen LogP contribution in [-0.2, 0) is 4.79 Å². The average molecular weight is 167 g/mol. The third-order valence-corrected chi connectivity index (χ3v) is 3.22. The van der Waals surface area contributed by atoms with Crippen LogP contribution in [0.5, 0.6) is 0 Å². The van der Waals surface area contributed by atoms with Crippen LogP contribution in [0.3, 0.4) is 0 Å². The first-order chi connectivity index (χ1) is 5.86. The Morgan fingerprint density at radius 2 is 1.67 bits per heavy atom. The van der Waals surface area contributed by atoms with Crippen molar-refractivity contribution in [3.05, 3.63) is 0 Å². The quantitative estimate of drug-likeness (QED) is 0.468. The van der Waals surface area contributed by atoms with Gasteiger partial charge in [-0.3, -0.25) is 4.79 Å². The third kappa shape index (κ3) is 1.62. The average Bonchev–Trinajstić information content (AvgIpc) is 2.26. The lowest BCUT2D eigenvalue weighted by Gasteiger charge is -2.33. The second kappa shape index (κ2) is 3.46. The molecule has 1 atom stereocenters. The van der Waals surface area contributed by atoms with E-state index in [9.17, 15) is 4.79 Å². The molecule has 0 aromatic carbocycles. The molecular formula is C10H17NO. The number of β-lactam (4-membered cyclic amide) rings is 1. The molecule has 1 N–H and O–H groups in total. The Labute approximate surface area is 73.7 Å². The molecule has 1 amide bonds. The summed E-state index contributed by atoms with van der Waals surface area (Å²) in [7, 11) is 0. The van der Waals surface area contributed by atoms with Crippen molar-refractivity contribution >= 4 is 5.91 Å². The maximum Gasteiger partial charge on any atom is 0.222 e. The molecule has 1 heterocycles. The maximum absolute atomic E-state index is 10.7. The van der Waals surface area contributed by atoms with E-state index in [1.807, 2.05) is 0 Å². The van der Waals surface area contributed by atoms with Crippen molar-refractivity contribution in [1.29, 1.82) is 0 Å². The number of hydrogen-bond donors (Lipinski definition) is 1. The predicted molar refractivity (Wildman–Crippen MR) is 47.7 cm³/mol. The van der Waals surface area contributed by atoms with Crippen LogP contribution in [0.25, 0.3) is 0 Å². The van der Waals surface area contributed by atoms with Gasteiger partial charge in [-0.2, -0.15) is 0 Å². The molecule has 1 aliphatic carbocycles. The van der Waals surface area contributed by atoms with Gasteiger partial charge in [0.05, 0.1) is 0 Å². The Morgan fingerprint density at radius 3 is 2.17 bits per heavy atom. The molecule has 2 nitrogen and oxygen atoms in total. The van der Waals surface area contributed by atoms with Gasteiger partial charge in [-0.05, 0) is 18.8 Å². The second-order valence-electron chi connectivity index (χ2n) is 4.13. The standard InChI is InChI=1S/C10H17NO/c12-10-7-9(11-10)8-5-3-1-2-4-6-8/h8-9H,1-7H2,(H,11,12). The Hall–Kier alpha value is -0.530. The fraction of sp³-hybridized carbons (Fsp3) is 0.900. The van der Waals surface area contributed by atoms with Gasteiger partial charge in [0.25, 0.3) is 0 Å². The van der Waals surface area contributed by atoms with Gasteiger partial charge in [-0.25, -0.2) is 0 Å². The van der Waals surface area contributed by atoms with Crippen LogP contribution >= 0.6 is 0 Å².